The molecule has 9 aromatic heterocycles. The van der Waals surface area contributed by atoms with Crippen LogP contribution in [0.2, 0.25) is 0 Å². The number of fused-ring (bicyclic) bond motifs is 6. The van der Waals surface area contributed by atoms with Crippen molar-refractivity contribution < 1.29 is 29.0 Å². The number of aromatic carboxylic acids is 1. The number of aromatic nitrogens is 12. The number of rotatable bonds is 7. The number of anilines is 3. The number of hydrogen-bond donors (Lipinski definition) is 10. The summed E-state index contributed by atoms with van der Waals surface area (Å²) in [5.41, 5.74) is 28.5. The number of nitrogens with one attached hydrogen (secondary N) is 6. The number of carbonyl (C=O) groups is 3. The number of carboxylic acids is 1. The summed E-state index contributed by atoms with van der Waals surface area (Å²) in [4.78, 5) is 56.3. The average Bonchev–Trinajstić information content (AvgIpc) is 4.25. The Hall–Kier alpha value is -10.1. The summed E-state index contributed by atoms with van der Waals surface area (Å²) in [6.45, 7) is 2.10. The van der Waals surface area contributed by atoms with Gasteiger partial charge in [-0.05, 0) is 113 Å². The number of carboxylic acid groups (broad SMARTS) is 1. The number of nitrogen functional groups attached to an aromatic ring is 3. The number of nitrogens with zero attached hydrogens (tertiary/aromatic N) is 6. The Morgan fingerprint density at radius 1 is 0.507 bits per heavy atom. The summed E-state index contributed by atoms with van der Waals surface area (Å²) in [5, 5.41) is 34.7. The van der Waals surface area contributed by atoms with Gasteiger partial charge in [0.05, 0.1) is 30.3 Å². The smallest absolute Gasteiger partial charge is 0.354 e. The third kappa shape index (κ3) is 7.96. The summed E-state index contributed by atoms with van der Waals surface area (Å²) in [5.74, 6) is -0.490. The summed E-state index contributed by atoms with van der Waals surface area (Å²) in [6, 6.07) is 28.2. The number of aromatic amines is 6. The van der Waals surface area contributed by atoms with E-state index in [0.29, 0.717) is 52.4 Å². The SMILES string of the molecule is CCOC(=O)c1cc2c(-c3ccc4[nH]nc(N)c4c3)ccnc2[nH]1.COC(=O)c1cc2c(-c3ccc4[nH]nc(N)c4c3)ccnc2[nH]1.Nc1n[nH]c2ccc(-c3ccnc4[nH]c(C(=O)O)cc34)cc12. The van der Waals surface area contributed by atoms with Crippen molar-refractivity contribution in [3.05, 3.63) is 127 Å². The Morgan fingerprint density at radius 2 is 0.870 bits per heavy atom. The minimum Gasteiger partial charge on any atom is -0.477 e. The molecule has 69 heavy (non-hydrogen) atoms. The monoisotopic (exact) mass is 921 g/mol. The lowest BCUT2D eigenvalue weighted by atomic mass is 10.0. The molecule has 21 heteroatoms. The van der Waals surface area contributed by atoms with Gasteiger partial charge in [-0.3, -0.25) is 15.3 Å². The van der Waals surface area contributed by atoms with Crippen LogP contribution in [-0.4, -0.2) is 97.2 Å². The molecule has 342 valence electrons. The van der Waals surface area contributed by atoms with Gasteiger partial charge in [0.25, 0.3) is 0 Å². The first-order chi connectivity index (χ1) is 33.5. The van der Waals surface area contributed by atoms with Gasteiger partial charge in [0, 0.05) is 50.9 Å². The van der Waals surface area contributed by atoms with E-state index in [1.807, 2.05) is 72.8 Å². The molecule has 0 bridgehead atoms. The molecule has 12 rings (SSSR count). The molecule has 21 nitrogen and oxygen atoms in total. The second-order valence-corrected chi connectivity index (χ2v) is 15.5. The predicted molar refractivity (Wildman–Crippen MR) is 261 cm³/mol. The van der Waals surface area contributed by atoms with Crippen LogP contribution in [0, 0.1) is 0 Å². The third-order valence-corrected chi connectivity index (χ3v) is 11.4. The first-order valence-electron chi connectivity index (χ1n) is 21.1. The molecule has 0 saturated carbocycles. The molecule has 0 atom stereocenters. The van der Waals surface area contributed by atoms with Crippen LogP contribution in [0.3, 0.4) is 0 Å². The van der Waals surface area contributed by atoms with E-state index in [9.17, 15) is 14.4 Å². The van der Waals surface area contributed by atoms with Crippen molar-refractivity contribution in [1.29, 1.82) is 0 Å². The van der Waals surface area contributed by atoms with E-state index < -0.39 is 17.9 Å². The molecule has 0 saturated heterocycles. The Kier molecular flexibility index (Phi) is 10.8. The van der Waals surface area contributed by atoms with Crippen molar-refractivity contribution in [2.45, 2.75) is 6.92 Å². The lowest BCUT2D eigenvalue weighted by Crippen LogP contribution is -2.04. The van der Waals surface area contributed by atoms with Crippen LogP contribution in [0.25, 0.3) is 99.2 Å². The molecule has 9 heterocycles. The van der Waals surface area contributed by atoms with Crippen LogP contribution in [0.1, 0.15) is 38.4 Å². The zero-order valence-electron chi connectivity index (χ0n) is 36.5. The molecule has 0 aliphatic rings. The minimum absolute atomic E-state index is 0.110. The largest absolute Gasteiger partial charge is 0.477 e. The van der Waals surface area contributed by atoms with Crippen LogP contribution >= 0.6 is 0 Å². The van der Waals surface area contributed by atoms with E-state index in [2.05, 4.69) is 60.5 Å². The molecule has 13 N–H and O–H groups in total. The maximum atomic E-state index is 11.9. The van der Waals surface area contributed by atoms with Crippen molar-refractivity contribution in [2.75, 3.05) is 30.9 Å². The molecule has 0 fully saturated rings. The van der Waals surface area contributed by atoms with Crippen LogP contribution in [0.5, 0.6) is 0 Å². The number of hydrogen-bond acceptors (Lipinski definition) is 14. The van der Waals surface area contributed by atoms with Gasteiger partial charge in [-0.15, -0.1) is 0 Å². The molecule has 0 aliphatic heterocycles. The molecule has 12 aromatic rings. The van der Waals surface area contributed by atoms with Gasteiger partial charge in [-0.25, -0.2) is 29.3 Å². The zero-order chi connectivity index (χ0) is 47.9. The van der Waals surface area contributed by atoms with Crippen LogP contribution in [-0.2, 0) is 9.47 Å². The van der Waals surface area contributed by atoms with Crippen molar-refractivity contribution in [1.82, 2.24) is 60.5 Å². The first-order valence-corrected chi connectivity index (χ1v) is 21.1. The molecular weight excluding hydrogens is 883 g/mol. The lowest BCUT2D eigenvalue weighted by Gasteiger charge is -2.03. The summed E-state index contributed by atoms with van der Waals surface area (Å²) < 4.78 is 9.79. The highest BCUT2D eigenvalue weighted by Crippen LogP contribution is 2.34. The van der Waals surface area contributed by atoms with Crippen molar-refractivity contribution >= 4 is 101 Å². The fraction of sp³-hybridized carbons (Fsp3) is 0.0625. The number of esters is 2. The van der Waals surface area contributed by atoms with E-state index >= 15 is 0 Å². The van der Waals surface area contributed by atoms with E-state index in [4.69, 9.17) is 31.8 Å². The van der Waals surface area contributed by atoms with Gasteiger partial charge in [-0.1, -0.05) is 18.2 Å². The highest BCUT2D eigenvalue weighted by atomic mass is 16.5. The zero-order valence-corrected chi connectivity index (χ0v) is 36.5. The molecule has 0 aliphatic carbocycles. The maximum Gasteiger partial charge on any atom is 0.354 e. The average molecular weight is 922 g/mol. The van der Waals surface area contributed by atoms with E-state index in [0.717, 1.165) is 82.2 Å². The van der Waals surface area contributed by atoms with E-state index in [1.54, 1.807) is 43.7 Å². The molecule has 3 aromatic carbocycles. The number of benzene rings is 3. The Morgan fingerprint density at radius 3 is 1.23 bits per heavy atom. The van der Waals surface area contributed by atoms with Crippen molar-refractivity contribution in [3.63, 3.8) is 0 Å². The molecular formula is C48H39N15O6. The number of methoxy groups -OCH3 is 1. The first kappa shape index (κ1) is 42.9. The topological polar surface area (TPSA) is 340 Å². The summed E-state index contributed by atoms with van der Waals surface area (Å²) in [6.07, 6.45) is 5.03. The maximum absolute atomic E-state index is 11.9. The highest BCUT2D eigenvalue weighted by Gasteiger charge is 2.17. The van der Waals surface area contributed by atoms with Gasteiger partial charge in [0.2, 0.25) is 0 Å². The second-order valence-electron chi connectivity index (χ2n) is 15.5. The van der Waals surface area contributed by atoms with Crippen LogP contribution in [0.4, 0.5) is 17.5 Å². The predicted octanol–water partition coefficient (Wildman–Crippen LogP) is 7.73. The number of nitrogens with two attached hydrogens (primary N) is 3. The standard InChI is InChI=1S/C17H15N5O2.C16H13N5O2.C15H11N5O2/c1-2-24-17(23)14-8-11-10(5-6-19-16(11)20-14)9-3-4-13-12(7-9)15(18)22-21-13;1-23-16(22)13-7-10-9(4-5-18-15(10)19-13)8-2-3-12-11(6-8)14(17)21-20-12;16-13-10-5-7(1-2-11(10)19-20-13)8-3-4-17-14-9(8)6-12(18-14)15(21)22/h3-8H,2H2,1H3,(H,19,20)(H3,18,21,22);2-7H,1H3,(H,18,19)(H3,17,20,21);1-6H,(H,17,18)(H,21,22)(H3,16,19,20). The highest BCUT2D eigenvalue weighted by molar-refractivity contribution is 6.04. The second kappa shape index (κ2) is 17.4. The Balaban J connectivity index is 0.000000120. The van der Waals surface area contributed by atoms with Crippen molar-refractivity contribution in [2.24, 2.45) is 0 Å². The van der Waals surface area contributed by atoms with Gasteiger partial charge in [-0.2, -0.15) is 15.3 Å². The quantitative estimate of drug-likeness (QED) is 0.0684. The van der Waals surface area contributed by atoms with Gasteiger partial charge in [0.1, 0.15) is 34.0 Å². The molecule has 0 spiro atoms. The van der Waals surface area contributed by atoms with E-state index in [-0.39, 0.29) is 5.69 Å². The third-order valence-electron chi connectivity index (χ3n) is 11.4. The molecule has 0 unspecified atom stereocenters. The molecule has 0 radical (unpaired) electrons. The van der Waals surface area contributed by atoms with Crippen LogP contribution in [0.15, 0.2) is 110 Å². The summed E-state index contributed by atoms with van der Waals surface area (Å²) in [7, 11) is 1.35. The van der Waals surface area contributed by atoms with Gasteiger partial charge >= 0.3 is 17.9 Å². The Labute approximate surface area is 387 Å². The Bertz CT molecular complexity index is 3950. The minimum atomic E-state index is -1.02. The van der Waals surface area contributed by atoms with Crippen molar-refractivity contribution in [3.8, 4) is 33.4 Å². The van der Waals surface area contributed by atoms with E-state index in [1.165, 1.54) is 7.11 Å². The normalized spacial score (nSPS) is 11.2. The number of H-pyrrole nitrogens is 6. The fourth-order valence-corrected chi connectivity index (χ4v) is 8.10. The lowest BCUT2D eigenvalue weighted by molar-refractivity contribution is 0.0519. The number of carbonyl (C=O) groups excluding carboxylic acids is 2. The van der Waals surface area contributed by atoms with Gasteiger partial charge in [0.15, 0.2) is 17.5 Å². The van der Waals surface area contributed by atoms with Crippen LogP contribution < -0.4 is 17.2 Å². The number of pyridine rings is 3. The summed E-state index contributed by atoms with van der Waals surface area (Å²) >= 11 is 0. The molecule has 0 amide bonds. The van der Waals surface area contributed by atoms with Gasteiger partial charge < -0.3 is 46.7 Å². The number of ether oxygens (including phenoxy) is 2. The fourth-order valence-electron chi connectivity index (χ4n) is 8.10.